The summed E-state index contributed by atoms with van der Waals surface area (Å²) >= 11 is 0. The Morgan fingerprint density at radius 1 is 1.05 bits per heavy atom. The highest BCUT2D eigenvalue weighted by Gasteiger charge is 2.26. The molecule has 0 saturated carbocycles. The number of halogens is 1. The zero-order valence-electron chi connectivity index (χ0n) is 21.9. The van der Waals surface area contributed by atoms with Crippen LogP contribution in [0.2, 0.25) is 0 Å². The maximum Gasteiger partial charge on any atom is 0.305 e. The molecule has 0 radical (unpaired) electrons. The normalized spacial score (nSPS) is 12.7. The standard InChI is InChI=1S/C29H35FN2O6/c1-4-32-25(14-11-22(33)15-23(34)16-26(35)36)27(20-7-9-21(30)10-8-20)18(2)28(32)29(37)31-17-19-5-12-24(38-3)13-6-19/h5-10,12-13,22-23,33-34H,4,11,14-17H2,1-3H3,(H,31,37)(H,35,36)/t22-,23-/m1/s1. The average molecular weight is 527 g/mol. The first-order chi connectivity index (χ1) is 18.1. The molecule has 204 valence electrons. The summed E-state index contributed by atoms with van der Waals surface area (Å²) < 4.78 is 20.8. The summed E-state index contributed by atoms with van der Waals surface area (Å²) in [5, 5.41) is 32.2. The molecule has 38 heavy (non-hydrogen) atoms. The van der Waals surface area contributed by atoms with Crippen molar-refractivity contribution in [2.75, 3.05) is 7.11 Å². The van der Waals surface area contributed by atoms with E-state index in [9.17, 15) is 24.2 Å². The summed E-state index contributed by atoms with van der Waals surface area (Å²) in [7, 11) is 1.59. The Labute approximate surface area is 221 Å². The lowest BCUT2D eigenvalue weighted by molar-refractivity contribution is -0.139. The first kappa shape index (κ1) is 28.9. The number of nitrogens with zero attached hydrogens (tertiary/aromatic N) is 1. The molecule has 1 amide bonds. The van der Waals surface area contributed by atoms with Crippen LogP contribution in [-0.2, 0) is 24.3 Å². The number of ether oxygens (including phenoxy) is 1. The number of hydrogen-bond donors (Lipinski definition) is 4. The van der Waals surface area contributed by atoms with E-state index in [0.717, 1.165) is 33.7 Å². The van der Waals surface area contributed by atoms with E-state index < -0.39 is 24.6 Å². The monoisotopic (exact) mass is 526 g/mol. The van der Waals surface area contributed by atoms with Crippen LogP contribution in [0.4, 0.5) is 4.39 Å². The highest BCUT2D eigenvalue weighted by atomic mass is 19.1. The predicted molar refractivity (Wildman–Crippen MR) is 142 cm³/mol. The van der Waals surface area contributed by atoms with E-state index >= 15 is 0 Å². The maximum absolute atomic E-state index is 13.7. The molecule has 3 aromatic rings. The van der Waals surface area contributed by atoms with Gasteiger partial charge in [-0.25, -0.2) is 4.39 Å². The minimum Gasteiger partial charge on any atom is -0.497 e. The summed E-state index contributed by atoms with van der Waals surface area (Å²) in [6.07, 6.45) is -1.98. The Morgan fingerprint density at radius 3 is 2.29 bits per heavy atom. The Bertz CT molecular complexity index is 1240. The molecule has 1 aromatic heterocycles. The predicted octanol–water partition coefficient (Wildman–Crippen LogP) is 4.08. The Morgan fingerprint density at radius 2 is 1.71 bits per heavy atom. The van der Waals surface area contributed by atoms with Gasteiger partial charge in [0.05, 0.1) is 25.7 Å². The SMILES string of the molecule is CCn1c(CC[C@@H](O)C[C@@H](O)CC(=O)O)c(-c2ccc(F)cc2)c(C)c1C(=O)NCc1ccc(OC)cc1. The van der Waals surface area contributed by atoms with E-state index in [1.165, 1.54) is 12.1 Å². The molecule has 0 aliphatic rings. The summed E-state index contributed by atoms with van der Waals surface area (Å²) in [4.78, 5) is 24.3. The van der Waals surface area contributed by atoms with Crippen LogP contribution < -0.4 is 10.1 Å². The molecule has 0 bridgehead atoms. The number of benzene rings is 2. The molecule has 3 rings (SSSR count). The molecule has 0 saturated heterocycles. The van der Waals surface area contributed by atoms with E-state index in [2.05, 4.69) is 5.32 Å². The molecule has 2 aromatic carbocycles. The van der Waals surface area contributed by atoms with Crippen molar-refractivity contribution < 1.29 is 34.0 Å². The Hall–Kier alpha value is -3.69. The average Bonchev–Trinajstić information content (AvgIpc) is 3.17. The quantitative estimate of drug-likeness (QED) is 0.266. The van der Waals surface area contributed by atoms with Crippen LogP contribution in [0.1, 0.15) is 53.5 Å². The number of rotatable bonds is 13. The van der Waals surface area contributed by atoms with Gasteiger partial charge in [0.15, 0.2) is 0 Å². The number of aromatic nitrogens is 1. The Kier molecular flexibility index (Phi) is 10.0. The minimum absolute atomic E-state index is 0.0702. The van der Waals surface area contributed by atoms with Crippen LogP contribution in [0.5, 0.6) is 5.75 Å². The topological polar surface area (TPSA) is 121 Å². The van der Waals surface area contributed by atoms with Gasteiger partial charge in [-0.15, -0.1) is 0 Å². The number of amides is 1. The minimum atomic E-state index is -1.15. The van der Waals surface area contributed by atoms with Crippen LogP contribution in [0.3, 0.4) is 0 Å². The third-order valence-electron chi connectivity index (χ3n) is 6.56. The second-order valence-electron chi connectivity index (χ2n) is 9.26. The molecule has 9 heteroatoms. The summed E-state index contributed by atoms with van der Waals surface area (Å²) in [6, 6.07) is 13.4. The lowest BCUT2D eigenvalue weighted by Crippen LogP contribution is -2.26. The number of carboxylic acids is 1. The Balaban J connectivity index is 1.90. The van der Waals surface area contributed by atoms with Crippen molar-refractivity contribution in [1.82, 2.24) is 9.88 Å². The third kappa shape index (κ3) is 7.20. The van der Waals surface area contributed by atoms with Crippen LogP contribution in [0, 0.1) is 12.7 Å². The fourth-order valence-electron chi connectivity index (χ4n) is 4.74. The number of aliphatic carboxylic acids is 1. The van der Waals surface area contributed by atoms with Crippen molar-refractivity contribution in [1.29, 1.82) is 0 Å². The van der Waals surface area contributed by atoms with E-state index in [-0.39, 0.29) is 24.6 Å². The molecular formula is C29H35FN2O6. The van der Waals surface area contributed by atoms with Gasteiger partial charge in [0, 0.05) is 24.3 Å². The smallest absolute Gasteiger partial charge is 0.305 e. The van der Waals surface area contributed by atoms with Crippen molar-refractivity contribution in [3.05, 3.63) is 76.9 Å². The summed E-state index contributed by atoms with van der Waals surface area (Å²) in [5.41, 5.74) is 4.47. The fraction of sp³-hybridized carbons (Fsp3) is 0.379. The number of nitrogens with one attached hydrogen (secondary N) is 1. The molecule has 1 heterocycles. The largest absolute Gasteiger partial charge is 0.497 e. The van der Waals surface area contributed by atoms with Gasteiger partial charge in [-0.3, -0.25) is 9.59 Å². The first-order valence-electron chi connectivity index (χ1n) is 12.6. The molecule has 0 fully saturated rings. The zero-order chi connectivity index (χ0) is 27.8. The van der Waals surface area contributed by atoms with Crippen molar-refractivity contribution in [3.63, 3.8) is 0 Å². The highest BCUT2D eigenvalue weighted by molar-refractivity contribution is 5.97. The van der Waals surface area contributed by atoms with Gasteiger partial charge < -0.3 is 29.9 Å². The number of aliphatic hydroxyl groups excluding tert-OH is 2. The van der Waals surface area contributed by atoms with Crippen LogP contribution in [0.15, 0.2) is 48.5 Å². The van der Waals surface area contributed by atoms with Crippen molar-refractivity contribution in [2.45, 2.75) is 64.8 Å². The molecule has 0 spiro atoms. The molecule has 2 atom stereocenters. The second kappa shape index (κ2) is 13.2. The third-order valence-corrected chi connectivity index (χ3v) is 6.56. The lowest BCUT2D eigenvalue weighted by atomic mass is 9.97. The van der Waals surface area contributed by atoms with Crippen molar-refractivity contribution in [3.8, 4) is 16.9 Å². The highest BCUT2D eigenvalue weighted by Crippen LogP contribution is 2.34. The summed E-state index contributed by atoms with van der Waals surface area (Å²) in [6.45, 7) is 4.58. The number of carbonyl (C=O) groups is 2. The summed E-state index contributed by atoms with van der Waals surface area (Å²) in [5.74, 6) is -1.04. The van der Waals surface area contributed by atoms with Crippen molar-refractivity contribution >= 4 is 11.9 Å². The lowest BCUT2D eigenvalue weighted by Gasteiger charge is -2.17. The molecule has 4 N–H and O–H groups in total. The van der Waals surface area contributed by atoms with E-state index in [4.69, 9.17) is 9.84 Å². The first-order valence-corrected chi connectivity index (χ1v) is 12.6. The second-order valence-corrected chi connectivity index (χ2v) is 9.26. The number of hydrogen-bond acceptors (Lipinski definition) is 5. The fourth-order valence-corrected chi connectivity index (χ4v) is 4.74. The van der Waals surface area contributed by atoms with E-state index in [1.807, 2.05) is 42.7 Å². The van der Waals surface area contributed by atoms with Gasteiger partial charge in [0.25, 0.3) is 5.91 Å². The van der Waals surface area contributed by atoms with Crippen LogP contribution >= 0.6 is 0 Å². The zero-order valence-corrected chi connectivity index (χ0v) is 21.9. The number of carbonyl (C=O) groups excluding carboxylic acids is 1. The maximum atomic E-state index is 13.7. The number of methoxy groups -OCH3 is 1. The number of aliphatic hydroxyl groups is 2. The number of carboxylic acid groups (broad SMARTS) is 1. The molecular weight excluding hydrogens is 491 g/mol. The van der Waals surface area contributed by atoms with E-state index in [0.29, 0.717) is 25.2 Å². The van der Waals surface area contributed by atoms with Gasteiger partial charge in [-0.1, -0.05) is 24.3 Å². The molecule has 8 nitrogen and oxygen atoms in total. The molecule has 0 unspecified atom stereocenters. The molecule has 0 aliphatic carbocycles. The van der Waals surface area contributed by atoms with E-state index in [1.54, 1.807) is 19.2 Å². The van der Waals surface area contributed by atoms with Crippen LogP contribution in [-0.4, -0.2) is 51.1 Å². The van der Waals surface area contributed by atoms with Crippen LogP contribution in [0.25, 0.3) is 11.1 Å². The molecule has 0 aliphatic heterocycles. The van der Waals surface area contributed by atoms with Crippen molar-refractivity contribution in [2.24, 2.45) is 0 Å². The van der Waals surface area contributed by atoms with Gasteiger partial charge in [-0.05, 0) is 74.1 Å². The van der Waals surface area contributed by atoms with Gasteiger partial charge in [-0.2, -0.15) is 0 Å². The van der Waals surface area contributed by atoms with Gasteiger partial charge in [0.2, 0.25) is 0 Å². The van der Waals surface area contributed by atoms with Gasteiger partial charge in [0.1, 0.15) is 17.3 Å². The van der Waals surface area contributed by atoms with Gasteiger partial charge >= 0.3 is 5.97 Å².